The summed E-state index contributed by atoms with van der Waals surface area (Å²) in [5, 5.41) is 7.43. The fourth-order valence-electron chi connectivity index (χ4n) is 3.25. The zero-order valence-electron chi connectivity index (χ0n) is 17.2. The van der Waals surface area contributed by atoms with Crippen molar-refractivity contribution < 1.29 is 9.59 Å². The normalized spacial score (nSPS) is 11.1. The lowest BCUT2D eigenvalue weighted by Crippen LogP contribution is -2.23. The average molecular weight is 446 g/mol. The standard InChI is InChI=1S/C24H20ClN5O2/c1-16-27-21-7-2-3-8-22(21)30(16)15-23(31)29-26-14-17-5-4-6-20(13-17)28-24(32)18-9-11-19(25)12-10-18/h2-14H,15H2,1H3,(H,28,32)(H,29,31)/b26-14+. The second kappa shape index (κ2) is 9.45. The highest BCUT2D eigenvalue weighted by molar-refractivity contribution is 6.30. The van der Waals surface area contributed by atoms with Crippen LogP contribution in [0.5, 0.6) is 0 Å². The molecule has 0 unspecified atom stereocenters. The molecule has 1 heterocycles. The zero-order valence-corrected chi connectivity index (χ0v) is 18.0. The molecule has 7 nitrogen and oxygen atoms in total. The lowest BCUT2D eigenvalue weighted by molar-refractivity contribution is -0.121. The Kier molecular flexibility index (Phi) is 6.28. The molecule has 4 aromatic rings. The first kappa shape index (κ1) is 21.3. The van der Waals surface area contributed by atoms with Gasteiger partial charge in [-0.3, -0.25) is 9.59 Å². The number of aryl methyl sites for hydroxylation is 1. The third-order valence-electron chi connectivity index (χ3n) is 4.80. The number of nitrogens with zero attached hydrogens (tertiary/aromatic N) is 3. The smallest absolute Gasteiger partial charge is 0.260 e. The average Bonchev–Trinajstić information content (AvgIpc) is 3.09. The van der Waals surface area contributed by atoms with Crippen molar-refractivity contribution in [1.29, 1.82) is 0 Å². The molecule has 2 N–H and O–H groups in total. The van der Waals surface area contributed by atoms with E-state index in [2.05, 4.69) is 20.8 Å². The fraction of sp³-hybridized carbons (Fsp3) is 0.0833. The van der Waals surface area contributed by atoms with Gasteiger partial charge in [0.05, 0.1) is 17.2 Å². The van der Waals surface area contributed by atoms with Crippen LogP contribution in [-0.4, -0.2) is 27.6 Å². The number of nitrogens with one attached hydrogen (secondary N) is 2. The van der Waals surface area contributed by atoms with Gasteiger partial charge in [0.25, 0.3) is 11.8 Å². The van der Waals surface area contributed by atoms with Gasteiger partial charge in [-0.15, -0.1) is 0 Å². The molecule has 0 fully saturated rings. The molecule has 0 bridgehead atoms. The molecule has 0 saturated carbocycles. The number of rotatable bonds is 6. The van der Waals surface area contributed by atoms with Gasteiger partial charge in [-0.2, -0.15) is 5.10 Å². The summed E-state index contributed by atoms with van der Waals surface area (Å²) < 4.78 is 1.84. The Morgan fingerprint density at radius 3 is 2.66 bits per heavy atom. The number of aromatic nitrogens is 2. The Bertz CT molecular complexity index is 1310. The minimum absolute atomic E-state index is 0.112. The Hall–Kier alpha value is -3.97. The molecule has 0 atom stereocenters. The van der Waals surface area contributed by atoms with E-state index in [1.807, 2.05) is 41.8 Å². The topological polar surface area (TPSA) is 88.4 Å². The molecule has 0 saturated heterocycles. The molecular weight excluding hydrogens is 426 g/mol. The highest BCUT2D eigenvalue weighted by Crippen LogP contribution is 2.15. The molecule has 1 aromatic heterocycles. The maximum Gasteiger partial charge on any atom is 0.260 e. The Balaban J connectivity index is 1.37. The second-order valence-electron chi connectivity index (χ2n) is 7.11. The predicted octanol–water partition coefficient (Wildman–Crippen LogP) is 4.40. The number of anilines is 1. The summed E-state index contributed by atoms with van der Waals surface area (Å²) >= 11 is 5.86. The van der Waals surface area contributed by atoms with Crippen LogP contribution in [0, 0.1) is 6.92 Å². The minimum Gasteiger partial charge on any atom is -0.322 e. The highest BCUT2D eigenvalue weighted by atomic mass is 35.5. The number of imidazole rings is 1. The van der Waals surface area contributed by atoms with Gasteiger partial charge >= 0.3 is 0 Å². The van der Waals surface area contributed by atoms with Gasteiger partial charge in [0, 0.05) is 16.3 Å². The summed E-state index contributed by atoms with van der Waals surface area (Å²) in [6, 6.07) is 21.4. The molecule has 8 heteroatoms. The number of para-hydroxylation sites is 2. The molecule has 0 aliphatic rings. The van der Waals surface area contributed by atoms with E-state index in [9.17, 15) is 9.59 Å². The van der Waals surface area contributed by atoms with Crippen LogP contribution in [0.25, 0.3) is 11.0 Å². The number of benzene rings is 3. The Morgan fingerprint density at radius 2 is 1.84 bits per heavy atom. The van der Waals surface area contributed by atoms with Crippen molar-refractivity contribution in [3.05, 3.63) is 94.8 Å². The van der Waals surface area contributed by atoms with E-state index in [0.717, 1.165) is 22.4 Å². The van der Waals surface area contributed by atoms with Crippen LogP contribution < -0.4 is 10.7 Å². The molecule has 0 aliphatic heterocycles. The second-order valence-corrected chi connectivity index (χ2v) is 7.55. The van der Waals surface area contributed by atoms with E-state index in [4.69, 9.17) is 11.6 Å². The van der Waals surface area contributed by atoms with E-state index in [1.54, 1.807) is 42.5 Å². The number of hydrazone groups is 1. The summed E-state index contributed by atoms with van der Waals surface area (Å²) in [5.41, 5.74) is 6.12. The molecule has 0 aliphatic carbocycles. The Labute approximate surface area is 189 Å². The van der Waals surface area contributed by atoms with Crippen LogP contribution >= 0.6 is 11.6 Å². The van der Waals surface area contributed by atoms with E-state index >= 15 is 0 Å². The Morgan fingerprint density at radius 1 is 1.06 bits per heavy atom. The molecule has 2 amide bonds. The van der Waals surface area contributed by atoms with Crippen LogP contribution in [-0.2, 0) is 11.3 Å². The highest BCUT2D eigenvalue weighted by Gasteiger charge is 2.10. The minimum atomic E-state index is -0.264. The van der Waals surface area contributed by atoms with E-state index in [1.165, 1.54) is 6.21 Å². The summed E-state index contributed by atoms with van der Waals surface area (Å²) in [4.78, 5) is 29.2. The van der Waals surface area contributed by atoms with Crippen LogP contribution in [0.1, 0.15) is 21.7 Å². The van der Waals surface area contributed by atoms with Crippen LogP contribution in [0.2, 0.25) is 5.02 Å². The molecule has 160 valence electrons. The first-order valence-corrected chi connectivity index (χ1v) is 10.3. The number of fused-ring (bicyclic) bond motifs is 1. The monoisotopic (exact) mass is 445 g/mol. The number of halogens is 1. The van der Waals surface area contributed by atoms with Crippen molar-refractivity contribution in [3.8, 4) is 0 Å². The van der Waals surface area contributed by atoms with Crippen molar-refractivity contribution in [3.63, 3.8) is 0 Å². The molecular formula is C24H20ClN5O2. The molecule has 4 rings (SSSR count). The third kappa shape index (κ3) is 5.01. The van der Waals surface area contributed by atoms with Gasteiger partial charge in [0.1, 0.15) is 12.4 Å². The number of carbonyl (C=O) groups excluding carboxylic acids is 2. The summed E-state index contributed by atoms with van der Waals surface area (Å²) in [6.07, 6.45) is 1.52. The van der Waals surface area contributed by atoms with E-state index < -0.39 is 0 Å². The van der Waals surface area contributed by atoms with E-state index in [0.29, 0.717) is 16.3 Å². The van der Waals surface area contributed by atoms with Crippen molar-refractivity contribution in [2.45, 2.75) is 13.5 Å². The van der Waals surface area contributed by atoms with E-state index in [-0.39, 0.29) is 18.4 Å². The van der Waals surface area contributed by atoms with Gasteiger partial charge in [-0.05, 0) is 61.0 Å². The van der Waals surface area contributed by atoms with Gasteiger partial charge in [0.15, 0.2) is 0 Å². The largest absolute Gasteiger partial charge is 0.322 e. The summed E-state index contributed by atoms with van der Waals surface area (Å²) in [7, 11) is 0. The lowest BCUT2D eigenvalue weighted by atomic mass is 10.2. The maximum absolute atomic E-state index is 12.4. The van der Waals surface area contributed by atoms with Crippen molar-refractivity contribution in [2.75, 3.05) is 5.32 Å². The number of carbonyl (C=O) groups is 2. The fourth-order valence-corrected chi connectivity index (χ4v) is 3.38. The SMILES string of the molecule is Cc1nc2ccccc2n1CC(=O)N/N=C/c1cccc(NC(=O)c2ccc(Cl)cc2)c1. The van der Waals surface area contributed by atoms with Gasteiger partial charge < -0.3 is 9.88 Å². The zero-order chi connectivity index (χ0) is 22.5. The summed E-state index contributed by atoms with van der Waals surface area (Å²) in [5.74, 6) is 0.251. The van der Waals surface area contributed by atoms with Gasteiger partial charge in [-0.1, -0.05) is 35.9 Å². The van der Waals surface area contributed by atoms with Gasteiger partial charge in [0.2, 0.25) is 0 Å². The third-order valence-corrected chi connectivity index (χ3v) is 5.05. The van der Waals surface area contributed by atoms with Crippen molar-refractivity contribution in [2.24, 2.45) is 5.10 Å². The quantitative estimate of drug-likeness (QED) is 0.340. The van der Waals surface area contributed by atoms with Crippen molar-refractivity contribution in [1.82, 2.24) is 15.0 Å². The van der Waals surface area contributed by atoms with Crippen LogP contribution in [0.15, 0.2) is 77.9 Å². The number of hydrogen-bond acceptors (Lipinski definition) is 4. The first-order valence-electron chi connectivity index (χ1n) is 9.90. The maximum atomic E-state index is 12.4. The van der Waals surface area contributed by atoms with Gasteiger partial charge in [-0.25, -0.2) is 10.4 Å². The molecule has 0 radical (unpaired) electrons. The van der Waals surface area contributed by atoms with Crippen LogP contribution in [0.4, 0.5) is 5.69 Å². The molecule has 0 spiro atoms. The summed E-state index contributed by atoms with van der Waals surface area (Å²) in [6.45, 7) is 1.97. The predicted molar refractivity (Wildman–Crippen MR) is 126 cm³/mol. The first-order chi connectivity index (χ1) is 15.5. The van der Waals surface area contributed by atoms with Crippen LogP contribution in [0.3, 0.4) is 0 Å². The number of hydrogen-bond donors (Lipinski definition) is 2. The molecule has 3 aromatic carbocycles. The van der Waals surface area contributed by atoms with Crippen molar-refractivity contribution >= 4 is 46.4 Å². The number of amides is 2. The lowest BCUT2D eigenvalue weighted by Gasteiger charge is -2.07. The molecule has 32 heavy (non-hydrogen) atoms.